The van der Waals surface area contributed by atoms with Crippen molar-refractivity contribution >= 4 is 14.5 Å². The summed E-state index contributed by atoms with van der Waals surface area (Å²) in [4.78, 5) is 16.0. The van der Waals surface area contributed by atoms with Crippen molar-refractivity contribution in [3.05, 3.63) is 23.4 Å². The number of ether oxygens (including phenoxy) is 1. The van der Waals surface area contributed by atoms with Gasteiger partial charge in [-0.05, 0) is 26.0 Å². The summed E-state index contributed by atoms with van der Waals surface area (Å²) in [6.07, 6.45) is -3.61. The molecule has 0 aliphatic carbocycles. The minimum atomic E-state index is -4.86. The molecular weight excluding hydrogens is 327 g/mol. The van der Waals surface area contributed by atoms with Crippen LogP contribution in [0.15, 0.2) is 12.1 Å². The summed E-state index contributed by atoms with van der Waals surface area (Å²) in [6, 6.07) is 3.90. The number of methoxy groups -OCH3 is 1. The van der Waals surface area contributed by atoms with Crippen molar-refractivity contribution < 1.29 is 26.9 Å². The zero-order chi connectivity index (χ0) is 17.0. The number of nitrogens with one attached hydrogen (secondary N) is 1. The minimum Gasteiger partial charge on any atom is -0.481 e. The lowest BCUT2D eigenvalue weighted by Gasteiger charge is -2.15. The molecule has 2 heterocycles. The van der Waals surface area contributed by atoms with Crippen molar-refractivity contribution in [3.63, 3.8) is 0 Å². The second-order valence-corrected chi connectivity index (χ2v) is 7.92. The molecular formula is C14H19F3N3O2Si+. The van der Waals surface area contributed by atoms with Crippen molar-refractivity contribution in [2.24, 2.45) is 0 Å². The van der Waals surface area contributed by atoms with Gasteiger partial charge < -0.3 is 10.1 Å². The van der Waals surface area contributed by atoms with Crippen LogP contribution < -0.4 is 10.1 Å². The van der Waals surface area contributed by atoms with E-state index in [4.69, 9.17) is 4.74 Å². The average molecular weight is 346 g/mol. The lowest BCUT2D eigenvalue weighted by Crippen LogP contribution is -2.44. The molecule has 0 saturated carbocycles. The number of alkyl halides is 3. The lowest BCUT2D eigenvalue weighted by molar-refractivity contribution is -0.475. The van der Waals surface area contributed by atoms with Crippen LogP contribution in [0, 0.1) is 6.92 Å². The third-order valence-electron chi connectivity index (χ3n) is 3.56. The highest BCUT2D eigenvalue weighted by atomic mass is 28.2. The maximum Gasteiger partial charge on any atom is 0.518 e. The molecule has 1 N–H and O–H groups in total. The van der Waals surface area contributed by atoms with Crippen LogP contribution in [0.25, 0.3) is 0 Å². The summed E-state index contributed by atoms with van der Waals surface area (Å²) < 4.78 is 44.9. The quantitative estimate of drug-likeness (QED) is 0.848. The number of carbonyl (C=O) groups is 1. The summed E-state index contributed by atoms with van der Waals surface area (Å²) >= 11 is 0. The molecule has 1 aliphatic rings. The van der Waals surface area contributed by atoms with Crippen LogP contribution in [0.4, 0.5) is 13.2 Å². The van der Waals surface area contributed by atoms with Gasteiger partial charge in [0.1, 0.15) is 0 Å². The molecule has 5 nitrogen and oxygen atoms in total. The van der Waals surface area contributed by atoms with Crippen LogP contribution >= 0.6 is 0 Å². The molecule has 0 unspecified atom stereocenters. The van der Waals surface area contributed by atoms with E-state index in [-0.39, 0.29) is 6.54 Å². The minimum absolute atomic E-state index is 0.0754. The third kappa shape index (κ3) is 4.68. The predicted molar refractivity (Wildman–Crippen MR) is 78.6 cm³/mol. The Morgan fingerprint density at radius 2 is 2.22 bits per heavy atom. The Morgan fingerprint density at radius 3 is 2.78 bits per heavy atom. The van der Waals surface area contributed by atoms with Crippen LogP contribution in [0.2, 0.25) is 6.04 Å². The van der Waals surface area contributed by atoms with Gasteiger partial charge in [-0.2, -0.15) is 13.2 Å². The number of nitrogens with zero attached hydrogens (tertiary/aromatic N) is 2. The second kappa shape index (κ2) is 7.31. The highest BCUT2D eigenvalue weighted by Crippen LogP contribution is 2.20. The molecule has 23 heavy (non-hydrogen) atoms. The van der Waals surface area contributed by atoms with Crippen LogP contribution in [0.5, 0.6) is 5.88 Å². The van der Waals surface area contributed by atoms with Gasteiger partial charge in [0.05, 0.1) is 13.3 Å². The predicted octanol–water partition coefficient (Wildman–Crippen LogP) is 1.79. The molecule has 0 aromatic carbocycles. The summed E-state index contributed by atoms with van der Waals surface area (Å²) in [6.45, 7) is 2.44. The Labute approximate surface area is 133 Å². The molecule has 1 aromatic heterocycles. The maximum absolute atomic E-state index is 12.9. The molecule has 1 amide bonds. The molecule has 126 valence electrons. The number of aromatic nitrogens is 1. The first-order chi connectivity index (χ1) is 10.8. The smallest absolute Gasteiger partial charge is 0.481 e. The van der Waals surface area contributed by atoms with Gasteiger partial charge in [-0.15, -0.1) is 0 Å². The molecule has 1 fully saturated rings. The van der Waals surface area contributed by atoms with Crippen molar-refractivity contribution in [2.45, 2.75) is 32.1 Å². The molecule has 2 rings (SSSR count). The Hall–Kier alpha value is -1.61. The van der Waals surface area contributed by atoms with Crippen LogP contribution in [0.3, 0.4) is 0 Å². The highest BCUT2D eigenvalue weighted by molar-refractivity contribution is 6.44. The first-order valence-electron chi connectivity index (χ1n) is 7.27. The van der Waals surface area contributed by atoms with Gasteiger partial charge in [0.25, 0.3) is 0 Å². The van der Waals surface area contributed by atoms with Crippen molar-refractivity contribution in [2.75, 3.05) is 19.8 Å². The van der Waals surface area contributed by atoms with Gasteiger partial charge in [-0.1, -0.05) is 0 Å². The van der Waals surface area contributed by atoms with Crippen molar-refractivity contribution in [3.8, 4) is 5.88 Å². The first kappa shape index (κ1) is 17.7. The fourth-order valence-corrected chi connectivity index (χ4v) is 5.04. The number of pyridine rings is 1. The number of halogens is 3. The number of rotatable bonds is 3. The summed E-state index contributed by atoms with van der Waals surface area (Å²) in [5.74, 6) is -1.43. The molecule has 1 saturated heterocycles. The summed E-state index contributed by atoms with van der Waals surface area (Å²) in [7, 11) is -0.160. The van der Waals surface area contributed by atoms with E-state index in [1.165, 1.54) is 7.11 Å². The van der Waals surface area contributed by atoms with E-state index in [1.54, 1.807) is 19.1 Å². The van der Waals surface area contributed by atoms with Crippen molar-refractivity contribution in [1.82, 2.24) is 10.3 Å². The Balaban J connectivity index is 2.39. The maximum atomic E-state index is 12.9. The van der Waals surface area contributed by atoms with Gasteiger partial charge in [0.15, 0.2) is 6.54 Å². The van der Waals surface area contributed by atoms with E-state index < -0.39 is 20.7 Å². The number of aryl methyl sites for hydroxylation is 1. The van der Waals surface area contributed by atoms with E-state index in [0.29, 0.717) is 29.3 Å². The largest absolute Gasteiger partial charge is 0.518 e. The molecule has 0 spiro atoms. The Kier molecular flexibility index (Phi) is 5.63. The standard InChI is InChI=1S/C14H19F3N3O2Si/c1-10-6-11(7-12(19-10)22-2)8-20(13(21)14(15,16)17)23-5-3-4-18-9-23/h6-7,18H,3-5,8-9H2,1-2H3/q+1. The van der Waals surface area contributed by atoms with Gasteiger partial charge in [-0.3, -0.25) is 0 Å². The highest BCUT2D eigenvalue weighted by Gasteiger charge is 2.48. The molecule has 0 atom stereocenters. The van der Waals surface area contributed by atoms with E-state index in [1.807, 2.05) is 0 Å². The number of hydrogen-bond acceptors (Lipinski definition) is 4. The monoisotopic (exact) mass is 346 g/mol. The molecule has 0 bridgehead atoms. The number of amides is 1. The van der Waals surface area contributed by atoms with Gasteiger partial charge >= 0.3 is 20.7 Å². The topological polar surface area (TPSA) is 54.2 Å². The fourth-order valence-electron chi connectivity index (χ4n) is 2.53. The molecule has 9 heteroatoms. The molecule has 1 aromatic rings. The van der Waals surface area contributed by atoms with Gasteiger partial charge in [-0.25, -0.2) is 14.0 Å². The number of hydrogen-bond donors (Lipinski definition) is 1. The SMILES string of the molecule is COc1cc(C[N+](C(=O)C(F)(F)F)=[Si]2CCCNC2)cc(C)n1. The molecule has 1 aliphatic heterocycles. The zero-order valence-corrected chi connectivity index (χ0v) is 14.0. The van der Waals surface area contributed by atoms with Gasteiger partial charge in [0.2, 0.25) is 5.88 Å². The Morgan fingerprint density at radius 1 is 1.48 bits per heavy atom. The fraction of sp³-hybridized carbons (Fsp3) is 0.571. The lowest BCUT2D eigenvalue weighted by atomic mass is 10.2. The average Bonchev–Trinajstić information content (AvgIpc) is 2.51. The van der Waals surface area contributed by atoms with Crippen LogP contribution in [0.1, 0.15) is 17.7 Å². The van der Waals surface area contributed by atoms with Crippen LogP contribution in [-0.2, 0) is 11.3 Å². The van der Waals surface area contributed by atoms with Gasteiger partial charge in [0, 0.05) is 23.4 Å². The van der Waals surface area contributed by atoms with E-state index in [0.717, 1.165) is 17.2 Å². The van der Waals surface area contributed by atoms with Crippen LogP contribution in [-0.4, -0.2) is 49.7 Å². The van der Waals surface area contributed by atoms with Crippen molar-refractivity contribution in [1.29, 1.82) is 0 Å². The first-order valence-corrected chi connectivity index (χ1v) is 9.13. The summed E-state index contributed by atoms with van der Waals surface area (Å²) in [5, 5.41) is 3.09. The number of carbonyl (C=O) groups excluding carboxylic acids is 1. The molecule has 0 radical (unpaired) electrons. The third-order valence-corrected chi connectivity index (χ3v) is 6.27. The Bertz CT molecular complexity index is 624. The van der Waals surface area contributed by atoms with E-state index in [2.05, 4.69) is 10.3 Å². The van der Waals surface area contributed by atoms with E-state index >= 15 is 0 Å². The second-order valence-electron chi connectivity index (χ2n) is 5.39. The normalized spacial score (nSPS) is 17.8. The van der Waals surface area contributed by atoms with E-state index in [9.17, 15) is 18.0 Å². The zero-order valence-electron chi connectivity index (χ0n) is 13.0. The summed E-state index contributed by atoms with van der Waals surface area (Å²) in [5.41, 5.74) is 1.23.